The zero-order valence-electron chi connectivity index (χ0n) is 17.6. The van der Waals surface area contributed by atoms with Crippen molar-refractivity contribution in [2.75, 3.05) is 44.0 Å². The van der Waals surface area contributed by atoms with Gasteiger partial charge in [-0.2, -0.15) is 4.31 Å². The van der Waals surface area contributed by atoms with Gasteiger partial charge in [-0.1, -0.05) is 6.42 Å². The third-order valence-electron chi connectivity index (χ3n) is 4.95. The van der Waals surface area contributed by atoms with Gasteiger partial charge in [-0.05, 0) is 50.1 Å². The van der Waals surface area contributed by atoms with E-state index in [9.17, 15) is 13.2 Å². The molecule has 30 heavy (non-hydrogen) atoms. The molecule has 1 saturated heterocycles. The van der Waals surface area contributed by atoms with Crippen molar-refractivity contribution in [2.45, 2.75) is 31.1 Å². The molecule has 1 amide bonds. The van der Waals surface area contributed by atoms with Gasteiger partial charge in [0.2, 0.25) is 15.9 Å². The standard InChI is InChI=1S/C21H28N4O4S/c1-4-29-21-17(9-8-12-22-21)20(26)23-18-15-16(10-11-19(18)24(2)3)30(27,28)25-13-6-5-7-14-25/h8-12,15H,4-7,13-14H2,1-3H3,(H,23,26). The molecule has 3 rings (SSSR count). The summed E-state index contributed by atoms with van der Waals surface area (Å²) in [6, 6.07) is 8.09. The van der Waals surface area contributed by atoms with Crippen LogP contribution in [0.5, 0.6) is 5.88 Å². The molecule has 9 heteroatoms. The van der Waals surface area contributed by atoms with E-state index in [-0.39, 0.29) is 16.3 Å². The average molecular weight is 433 g/mol. The van der Waals surface area contributed by atoms with Crippen LogP contribution in [-0.4, -0.2) is 57.4 Å². The fraction of sp³-hybridized carbons (Fsp3) is 0.429. The summed E-state index contributed by atoms with van der Waals surface area (Å²) in [5, 5.41) is 2.84. The number of nitrogens with one attached hydrogen (secondary N) is 1. The number of carbonyl (C=O) groups excluding carboxylic acids is 1. The topological polar surface area (TPSA) is 91.8 Å². The van der Waals surface area contributed by atoms with Crippen molar-refractivity contribution in [1.82, 2.24) is 9.29 Å². The summed E-state index contributed by atoms with van der Waals surface area (Å²) in [5.41, 5.74) is 1.39. The van der Waals surface area contributed by atoms with Crippen LogP contribution in [0.1, 0.15) is 36.5 Å². The SMILES string of the molecule is CCOc1ncccc1C(=O)Nc1cc(S(=O)(=O)N2CCCCC2)ccc1N(C)C. The molecule has 2 heterocycles. The molecular weight excluding hydrogens is 404 g/mol. The van der Waals surface area contributed by atoms with E-state index in [1.165, 1.54) is 10.4 Å². The predicted octanol–water partition coefficient (Wildman–Crippen LogP) is 2.97. The lowest BCUT2D eigenvalue weighted by atomic mass is 10.2. The van der Waals surface area contributed by atoms with Gasteiger partial charge in [0.1, 0.15) is 5.56 Å². The fourth-order valence-electron chi connectivity index (χ4n) is 3.43. The van der Waals surface area contributed by atoms with E-state index in [0.29, 0.717) is 31.1 Å². The Bertz CT molecular complexity index is 1000. The third-order valence-corrected chi connectivity index (χ3v) is 6.84. The van der Waals surface area contributed by atoms with Crippen molar-refractivity contribution in [3.63, 3.8) is 0 Å². The lowest BCUT2D eigenvalue weighted by Crippen LogP contribution is -2.35. The Hall–Kier alpha value is -2.65. The summed E-state index contributed by atoms with van der Waals surface area (Å²) < 4.78 is 33.1. The first-order chi connectivity index (χ1) is 14.3. The van der Waals surface area contributed by atoms with E-state index >= 15 is 0 Å². The first-order valence-corrected chi connectivity index (χ1v) is 11.5. The van der Waals surface area contributed by atoms with Crippen LogP contribution in [0.25, 0.3) is 0 Å². The third kappa shape index (κ3) is 4.73. The van der Waals surface area contributed by atoms with Gasteiger partial charge in [-0.3, -0.25) is 4.79 Å². The molecule has 1 N–H and O–H groups in total. The predicted molar refractivity (Wildman–Crippen MR) is 117 cm³/mol. The molecule has 0 unspecified atom stereocenters. The molecule has 0 aliphatic carbocycles. The van der Waals surface area contributed by atoms with Crippen LogP contribution >= 0.6 is 0 Å². The van der Waals surface area contributed by atoms with Crippen LogP contribution in [0.4, 0.5) is 11.4 Å². The first kappa shape index (κ1) is 22.0. The molecule has 2 aromatic rings. The minimum absolute atomic E-state index is 0.168. The number of carbonyl (C=O) groups is 1. The highest BCUT2D eigenvalue weighted by molar-refractivity contribution is 7.89. The molecule has 1 aliphatic rings. The largest absolute Gasteiger partial charge is 0.477 e. The second-order valence-corrected chi connectivity index (χ2v) is 9.22. The molecule has 0 atom stereocenters. The Morgan fingerprint density at radius 3 is 2.60 bits per heavy atom. The molecule has 0 saturated carbocycles. The van der Waals surface area contributed by atoms with E-state index in [0.717, 1.165) is 19.3 Å². The van der Waals surface area contributed by atoms with Crippen molar-refractivity contribution in [1.29, 1.82) is 0 Å². The molecule has 0 radical (unpaired) electrons. The maximum absolute atomic E-state index is 13.1. The molecule has 8 nitrogen and oxygen atoms in total. The minimum atomic E-state index is -3.62. The normalized spacial score (nSPS) is 14.9. The van der Waals surface area contributed by atoms with E-state index < -0.39 is 15.9 Å². The quantitative estimate of drug-likeness (QED) is 0.723. The average Bonchev–Trinajstić information content (AvgIpc) is 2.74. The van der Waals surface area contributed by atoms with Crippen LogP contribution in [0, 0.1) is 0 Å². The number of nitrogens with zero attached hydrogens (tertiary/aromatic N) is 3. The van der Waals surface area contributed by atoms with Crippen molar-refractivity contribution >= 4 is 27.3 Å². The number of amides is 1. The van der Waals surface area contributed by atoms with Crippen molar-refractivity contribution in [3.8, 4) is 5.88 Å². The van der Waals surface area contributed by atoms with Crippen LogP contribution in [-0.2, 0) is 10.0 Å². The molecule has 0 bridgehead atoms. The summed E-state index contributed by atoms with van der Waals surface area (Å²) in [7, 11) is 0.0479. The number of piperidine rings is 1. The summed E-state index contributed by atoms with van der Waals surface area (Å²) in [5.74, 6) is -0.178. The number of aromatic nitrogens is 1. The van der Waals surface area contributed by atoms with Crippen LogP contribution in [0.3, 0.4) is 0 Å². The summed E-state index contributed by atoms with van der Waals surface area (Å²) in [6.07, 6.45) is 4.32. The fourth-order valence-corrected chi connectivity index (χ4v) is 4.97. The van der Waals surface area contributed by atoms with Gasteiger partial charge >= 0.3 is 0 Å². The van der Waals surface area contributed by atoms with E-state index in [1.807, 2.05) is 25.9 Å². The number of hydrogen-bond donors (Lipinski definition) is 1. The highest BCUT2D eigenvalue weighted by Crippen LogP contribution is 2.31. The second-order valence-electron chi connectivity index (χ2n) is 7.28. The number of ether oxygens (including phenoxy) is 1. The number of rotatable bonds is 7. The Labute approximate surface area is 177 Å². The number of sulfonamides is 1. The monoisotopic (exact) mass is 432 g/mol. The van der Waals surface area contributed by atoms with Gasteiger partial charge in [0.05, 0.1) is 22.9 Å². The zero-order valence-corrected chi connectivity index (χ0v) is 18.4. The highest BCUT2D eigenvalue weighted by Gasteiger charge is 2.27. The van der Waals surface area contributed by atoms with Gasteiger partial charge in [0.25, 0.3) is 5.91 Å². The Balaban J connectivity index is 1.95. The molecule has 1 aromatic carbocycles. The maximum atomic E-state index is 13.1. The minimum Gasteiger partial charge on any atom is -0.477 e. The molecular formula is C21H28N4O4S. The lowest BCUT2D eigenvalue weighted by molar-refractivity contribution is 0.102. The van der Waals surface area contributed by atoms with Gasteiger partial charge in [0.15, 0.2) is 0 Å². The molecule has 162 valence electrons. The molecule has 0 spiro atoms. The number of benzene rings is 1. The van der Waals surface area contributed by atoms with E-state index in [1.54, 1.807) is 30.5 Å². The van der Waals surface area contributed by atoms with Crippen LogP contribution in [0.15, 0.2) is 41.4 Å². The van der Waals surface area contributed by atoms with Crippen LogP contribution in [0.2, 0.25) is 0 Å². The van der Waals surface area contributed by atoms with Crippen molar-refractivity contribution in [3.05, 3.63) is 42.1 Å². The zero-order chi connectivity index (χ0) is 21.7. The Morgan fingerprint density at radius 1 is 1.20 bits per heavy atom. The van der Waals surface area contributed by atoms with Crippen LogP contribution < -0.4 is 15.0 Å². The first-order valence-electron chi connectivity index (χ1n) is 10.0. The van der Waals surface area contributed by atoms with Gasteiger partial charge < -0.3 is 15.0 Å². The van der Waals surface area contributed by atoms with E-state index in [2.05, 4.69) is 10.3 Å². The Kier molecular flexibility index (Phi) is 6.94. The maximum Gasteiger partial charge on any atom is 0.261 e. The number of hydrogen-bond acceptors (Lipinski definition) is 6. The summed E-state index contributed by atoms with van der Waals surface area (Å²) in [4.78, 5) is 19.0. The van der Waals surface area contributed by atoms with Crippen molar-refractivity contribution in [2.24, 2.45) is 0 Å². The summed E-state index contributed by atoms with van der Waals surface area (Å²) in [6.45, 7) is 3.24. The highest BCUT2D eigenvalue weighted by atomic mass is 32.2. The van der Waals surface area contributed by atoms with Gasteiger partial charge in [-0.25, -0.2) is 13.4 Å². The van der Waals surface area contributed by atoms with Gasteiger partial charge in [-0.15, -0.1) is 0 Å². The smallest absolute Gasteiger partial charge is 0.261 e. The summed E-state index contributed by atoms with van der Waals surface area (Å²) >= 11 is 0. The molecule has 1 aliphatic heterocycles. The Morgan fingerprint density at radius 2 is 1.93 bits per heavy atom. The molecule has 1 fully saturated rings. The number of anilines is 2. The van der Waals surface area contributed by atoms with E-state index in [4.69, 9.17) is 4.74 Å². The van der Waals surface area contributed by atoms with Gasteiger partial charge in [0, 0.05) is 33.4 Å². The molecule has 1 aromatic heterocycles. The van der Waals surface area contributed by atoms with Crippen molar-refractivity contribution < 1.29 is 17.9 Å². The lowest BCUT2D eigenvalue weighted by Gasteiger charge is -2.26. The second kappa shape index (κ2) is 9.44. The number of pyridine rings is 1.